The first-order valence-corrected chi connectivity index (χ1v) is 9.91. The summed E-state index contributed by atoms with van der Waals surface area (Å²) in [6.07, 6.45) is 6.01. The van der Waals surface area contributed by atoms with Gasteiger partial charge >= 0.3 is 0 Å². The van der Waals surface area contributed by atoms with Gasteiger partial charge in [-0.25, -0.2) is 0 Å². The van der Waals surface area contributed by atoms with Crippen molar-refractivity contribution in [3.05, 3.63) is 90.0 Å². The maximum Gasteiger partial charge on any atom is 0.268 e. The fraction of sp³-hybridized carbons (Fsp3) is 0.167. The van der Waals surface area contributed by atoms with Gasteiger partial charge in [0.2, 0.25) is 0 Å². The molecule has 0 saturated carbocycles. The molecule has 0 aliphatic carbocycles. The van der Waals surface area contributed by atoms with Gasteiger partial charge in [0.05, 0.1) is 29.5 Å². The second kappa shape index (κ2) is 7.00. The number of amides is 1. The van der Waals surface area contributed by atoms with E-state index in [1.165, 1.54) is 0 Å². The Bertz CT molecular complexity index is 1270. The van der Waals surface area contributed by atoms with E-state index < -0.39 is 5.60 Å². The average molecular weight is 396 g/mol. The molecule has 2 aromatic heterocycles. The molecule has 0 saturated heterocycles. The lowest BCUT2D eigenvalue weighted by Crippen LogP contribution is -2.37. The lowest BCUT2D eigenvalue weighted by atomic mass is 9.93. The van der Waals surface area contributed by atoms with Crippen molar-refractivity contribution in [2.24, 2.45) is 0 Å². The highest BCUT2D eigenvalue weighted by Gasteiger charge is 2.48. The number of rotatable bonds is 4. The fourth-order valence-electron chi connectivity index (χ4n) is 4.13. The first kappa shape index (κ1) is 18.4. The van der Waals surface area contributed by atoms with Gasteiger partial charge in [0.25, 0.3) is 5.91 Å². The Kier molecular flexibility index (Phi) is 4.29. The van der Waals surface area contributed by atoms with Gasteiger partial charge in [0.1, 0.15) is 0 Å². The Hall–Kier alpha value is -3.64. The van der Waals surface area contributed by atoms with Crippen LogP contribution in [0.15, 0.2) is 73.2 Å². The fourth-order valence-corrected chi connectivity index (χ4v) is 4.13. The van der Waals surface area contributed by atoms with Crippen LogP contribution in [0.25, 0.3) is 10.8 Å². The van der Waals surface area contributed by atoms with Crippen molar-refractivity contribution in [1.29, 1.82) is 0 Å². The largest absolute Gasteiger partial charge is 0.375 e. The summed E-state index contributed by atoms with van der Waals surface area (Å²) in [6, 6.07) is 17.3. The summed E-state index contributed by atoms with van der Waals surface area (Å²) in [5.74, 6) is -0.352. The maximum absolute atomic E-state index is 13.2. The zero-order valence-electron chi connectivity index (χ0n) is 16.5. The molecule has 6 heteroatoms. The van der Waals surface area contributed by atoms with Crippen LogP contribution in [0.5, 0.6) is 0 Å². The SMILES string of the molecule is CCC1(O)C(=O)N(c2cncc(Cc3nncc4ccccc34)c2)c2ccccc21. The standard InChI is InChI=1S/C24H20N4O2/c1-2-24(30)20-9-5-6-10-22(20)28(23(24)29)18-11-16(13-25-15-18)12-21-19-8-4-3-7-17(19)14-26-27-21/h3-11,13-15,30H,2,12H2,1H3. The van der Waals surface area contributed by atoms with Crippen molar-refractivity contribution < 1.29 is 9.90 Å². The van der Waals surface area contributed by atoms with Gasteiger partial charge in [0.15, 0.2) is 5.60 Å². The van der Waals surface area contributed by atoms with Crippen LogP contribution in [0.2, 0.25) is 0 Å². The zero-order chi connectivity index (χ0) is 20.7. The minimum absolute atomic E-state index is 0.304. The molecule has 1 unspecified atom stereocenters. The van der Waals surface area contributed by atoms with E-state index in [2.05, 4.69) is 15.2 Å². The number of hydrogen-bond donors (Lipinski definition) is 1. The number of anilines is 2. The van der Waals surface area contributed by atoms with E-state index in [1.807, 2.05) is 55.5 Å². The number of para-hydroxylation sites is 1. The van der Waals surface area contributed by atoms with E-state index in [-0.39, 0.29) is 5.91 Å². The second-order valence-corrected chi connectivity index (χ2v) is 7.48. The Morgan fingerprint density at radius 2 is 1.83 bits per heavy atom. The van der Waals surface area contributed by atoms with Gasteiger partial charge in [-0.3, -0.25) is 14.7 Å². The lowest BCUT2D eigenvalue weighted by Gasteiger charge is -2.22. The van der Waals surface area contributed by atoms with E-state index in [9.17, 15) is 9.90 Å². The molecule has 0 spiro atoms. The molecule has 6 nitrogen and oxygen atoms in total. The van der Waals surface area contributed by atoms with E-state index in [4.69, 9.17) is 0 Å². The number of aliphatic hydroxyl groups is 1. The smallest absolute Gasteiger partial charge is 0.268 e. The summed E-state index contributed by atoms with van der Waals surface area (Å²) < 4.78 is 0. The van der Waals surface area contributed by atoms with Crippen molar-refractivity contribution in [3.8, 4) is 0 Å². The van der Waals surface area contributed by atoms with Crippen molar-refractivity contribution in [2.45, 2.75) is 25.4 Å². The van der Waals surface area contributed by atoms with Crippen molar-refractivity contribution in [3.63, 3.8) is 0 Å². The molecule has 0 bridgehead atoms. The highest BCUT2D eigenvalue weighted by molar-refractivity contribution is 6.11. The predicted octanol–water partition coefficient (Wildman–Crippen LogP) is 3.89. The number of benzene rings is 2. The van der Waals surface area contributed by atoms with E-state index >= 15 is 0 Å². The molecular weight excluding hydrogens is 376 g/mol. The molecule has 1 aliphatic rings. The number of fused-ring (bicyclic) bond motifs is 2. The number of pyridine rings is 1. The van der Waals surface area contributed by atoms with E-state index in [0.29, 0.717) is 29.8 Å². The molecule has 3 heterocycles. The molecule has 1 amide bonds. The van der Waals surface area contributed by atoms with Gasteiger partial charge in [-0.1, -0.05) is 49.4 Å². The molecule has 2 aromatic carbocycles. The molecule has 0 fully saturated rings. The number of nitrogens with zero attached hydrogens (tertiary/aromatic N) is 4. The van der Waals surface area contributed by atoms with Crippen LogP contribution in [-0.2, 0) is 16.8 Å². The summed E-state index contributed by atoms with van der Waals surface area (Å²) in [7, 11) is 0. The second-order valence-electron chi connectivity index (χ2n) is 7.48. The van der Waals surface area contributed by atoms with Gasteiger partial charge < -0.3 is 5.11 Å². The van der Waals surface area contributed by atoms with Crippen LogP contribution in [0.4, 0.5) is 11.4 Å². The number of carbonyl (C=O) groups excluding carboxylic acids is 1. The summed E-state index contributed by atoms with van der Waals surface area (Å²) in [6.45, 7) is 1.81. The van der Waals surface area contributed by atoms with Crippen LogP contribution in [0, 0.1) is 0 Å². The quantitative estimate of drug-likeness (QED) is 0.566. The first-order valence-electron chi connectivity index (χ1n) is 9.91. The molecule has 1 N–H and O–H groups in total. The molecule has 148 valence electrons. The zero-order valence-corrected chi connectivity index (χ0v) is 16.5. The molecule has 1 aliphatic heterocycles. The van der Waals surface area contributed by atoms with Crippen molar-refractivity contribution >= 4 is 28.1 Å². The van der Waals surface area contributed by atoms with Crippen LogP contribution in [0.1, 0.15) is 30.2 Å². The monoisotopic (exact) mass is 396 g/mol. The van der Waals surface area contributed by atoms with Gasteiger partial charge in [-0.2, -0.15) is 10.2 Å². The third kappa shape index (κ3) is 2.76. The lowest BCUT2D eigenvalue weighted by molar-refractivity contribution is -0.135. The summed E-state index contributed by atoms with van der Waals surface area (Å²) in [5.41, 5.74) is 2.19. The topological polar surface area (TPSA) is 79.2 Å². The van der Waals surface area contributed by atoms with Crippen LogP contribution < -0.4 is 4.90 Å². The Morgan fingerprint density at radius 1 is 1.03 bits per heavy atom. The van der Waals surface area contributed by atoms with Gasteiger partial charge in [0, 0.05) is 29.0 Å². The predicted molar refractivity (Wildman–Crippen MR) is 114 cm³/mol. The number of aromatic nitrogens is 3. The third-order valence-electron chi connectivity index (χ3n) is 5.72. The highest BCUT2D eigenvalue weighted by Crippen LogP contribution is 2.45. The van der Waals surface area contributed by atoms with Crippen LogP contribution >= 0.6 is 0 Å². The Balaban J connectivity index is 1.55. The number of carbonyl (C=O) groups is 1. The van der Waals surface area contributed by atoms with Crippen molar-refractivity contribution in [1.82, 2.24) is 15.2 Å². The normalized spacial score (nSPS) is 18.1. The maximum atomic E-state index is 13.2. The summed E-state index contributed by atoms with van der Waals surface area (Å²) in [4.78, 5) is 19.1. The molecule has 5 rings (SSSR count). The van der Waals surface area contributed by atoms with Gasteiger partial charge in [-0.05, 0) is 24.1 Å². The van der Waals surface area contributed by atoms with Crippen LogP contribution in [0.3, 0.4) is 0 Å². The molecular formula is C24H20N4O2. The van der Waals surface area contributed by atoms with E-state index in [1.54, 1.807) is 29.6 Å². The van der Waals surface area contributed by atoms with Crippen molar-refractivity contribution in [2.75, 3.05) is 4.90 Å². The molecule has 1 atom stereocenters. The summed E-state index contributed by atoms with van der Waals surface area (Å²) in [5, 5.41) is 21.5. The first-order chi connectivity index (χ1) is 14.6. The highest BCUT2D eigenvalue weighted by atomic mass is 16.3. The number of hydrogen-bond acceptors (Lipinski definition) is 5. The third-order valence-corrected chi connectivity index (χ3v) is 5.72. The molecule has 30 heavy (non-hydrogen) atoms. The summed E-state index contributed by atoms with van der Waals surface area (Å²) >= 11 is 0. The van der Waals surface area contributed by atoms with Gasteiger partial charge in [-0.15, -0.1) is 0 Å². The Labute approximate surface area is 173 Å². The molecule has 0 radical (unpaired) electrons. The minimum atomic E-state index is -1.52. The van der Waals surface area contributed by atoms with E-state index in [0.717, 1.165) is 22.0 Å². The molecule has 4 aromatic rings. The Morgan fingerprint density at radius 3 is 2.70 bits per heavy atom. The average Bonchev–Trinajstić information content (AvgIpc) is 3.02. The minimum Gasteiger partial charge on any atom is -0.375 e. The van der Waals surface area contributed by atoms with Crippen LogP contribution in [-0.4, -0.2) is 26.2 Å².